The van der Waals surface area contributed by atoms with Crippen molar-refractivity contribution in [2.75, 3.05) is 11.4 Å². The highest BCUT2D eigenvalue weighted by molar-refractivity contribution is 6.33. The van der Waals surface area contributed by atoms with Crippen LogP contribution in [-0.4, -0.2) is 12.5 Å². The third kappa shape index (κ3) is 2.37. The van der Waals surface area contributed by atoms with Crippen molar-refractivity contribution in [1.82, 2.24) is 0 Å². The van der Waals surface area contributed by atoms with Gasteiger partial charge in [0.05, 0.1) is 12.1 Å². The Kier molecular flexibility index (Phi) is 3.56. The van der Waals surface area contributed by atoms with E-state index in [9.17, 15) is 0 Å². The molecule has 5 heteroatoms. The number of aliphatic imine (C=N–C) groups is 1. The van der Waals surface area contributed by atoms with Crippen LogP contribution in [0.5, 0.6) is 0 Å². The van der Waals surface area contributed by atoms with E-state index in [1.54, 1.807) is 6.07 Å². The molecule has 0 aliphatic carbocycles. The van der Waals surface area contributed by atoms with Gasteiger partial charge in [-0.05, 0) is 42.8 Å². The molecule has 3 nitrogen and oxygen atoms in total. The van der Waals surface area contributed by atoms with E-state index < -0.39 is 5.54 Å². The van der Waals surface area contributed by atoms with E-state index in [-0.39, 0.29) is 0 Å². The van der Waals surface area contributed by atoms with Crippen LogP contribution in [0.2, 0.25) is 10.0 Å². The van der Waals surface area contributed by atoms with Crippen LogP contribution in [0.1, 0.15) is 12.5 Å². The van der Waals surface area contributed by atoms with Crippen LogP contribution in [0.3, 0.4) is 0 Å². The molecule has 2 aromatic carbocycles. The standard InChI is InChI=1S/C16H15Cl2N3/c1-16(13-9-11(17)7-8-14(13)18)10-20-15(19)21(16)12-5-3-2-4-6-12/h2-9H,10H2,1H3,(H2,19,20). The number of rotatable bonds is 2. The summed E-state index contributed by atoms with van der Waals surface area (Å²) in [6, 6.07) is 15.4. The summed E-state index contributed by atoms with van der Waals surface area (Å²) in [6.07, 6.45) is 0. The second-order valence-corrected chi connectivity index (χ2v) is 6.09. The molecule has 0 fully saturated rings. The van der Waals surface area contributed by atoms with E-state index in [1.165, 1.54) is 0 Å². The summed E-state index contributed by atoms with van der Waals surface area (Å²) < 4.78 is 0. The Bertz CT molecular complexity index is 700. The van der Waals surface area contributed by atoms with E-state index in [0.29, 0.717) is 22.5 Å². The predicted octanol–water partition coefficient (Wildman–Crippen LogP) is 4.04. The Hall–Kier alpha value is -1.71. The van der Waals surface area contributed by atoms with Gasteiger partial charge >= 0.3 is 0 Å². The average Bonchev–Trinajstić information content (AvgIpc) is 2.79. The molecule has 1 atom stereocenters. The maximum Gasteiger partial charge on any atom is 0.196 e. The van der Waals surface area contributed by atoms with Gasteiger partial charge in [0.15, 0.2) is 5.96 Å². The fourth-order valence-corrected chi connectivity index (χ4v) is 3.23. The molecule has 1 aliphatic rings. The third-order valence-corrected chi connectivity index (χ3v) is 4.36. The molecule has 2 aromatic rings. The van der Waals surface area contributed by atoms with Crippen molar-refractivity contribution in [3.63, 3.8) is 0 Å². The molecular formula is C16H15Cl2N3. The number of para-hydroxylation sites is 1. The van der Waals surface area contributed by atoms with Gasteiger partial charge in [0.25, 0.3) is 0 Å². The van der Waals surface area contributed by atoms with E-state index in [4.69, 9.17) is 28.9 Å². The predicted molar refractivity (Wildman–Crippen MR) is 89.2 cm³/mol. The first-order chi connectivity index (χ1) is 10.0. The summed E-state index contributed by atoms with van der Waals surface area (Å²) in [7, 11) is 0. The monoisotopic (exact) mass is 319 g/mol. The Morgan fingerprint density at radius 1 is 1.14 bits per heavy atom. The van der Waals surface area contributed by atoms with Gasteiger partial charge in [-0.25, -0.2) is 0 Å². The Balaban J connectivity index is 2.14. The molecule has 108 valence electrons. The first-order valence-corrected chi connectivity index (χ1v) is 7.39. The summed E-state index contributed by atoms with van der Waals surface area (Å²) in [6.45, 7) is 2.61. The second-order valence-electron chi connectivity index (χ2n) is 5.24. The highest BCUT2D eigenvalue weighted by Gasteiger charge is 2.41. The van der Waals surface area contributed by atoms with Crippen molar-refractivity contribution >= 4 is 34.8 Å². The first kappa shape index (κ1) is 14.2. The van der Waals surface area contributed by atoms with Crippen molar-refractivity contribution in [3.8, 4) is 0 Å². The highest BCUT2D eigenvalue weighted by Crippen LogP contribution is 2.40. The zero-order chi connectivity index (χ0) is 15.0. The number of nitrogens with two attached hydrogens (primary N) is 1. The van der Waals surface area contributed by atoms with E-state index >= 15 is 0 Å². The van der Waals surface area contributed by atoms with Gasteiger partial charge in [-0.3, -0.25) is 4.99 Å². The molecule has 0 radical (unpaired) electrons. The van der Waals surface area contributed by atoms with Crippen molar-refractivity contribution in [1.29, 1.82) is 0 Å². The summed E-state index contributed by atoms with van der Waals surface area (Å²) in [5.41, 5.74) is 7.56. The lowest BCUT2D eigenvalue weighted by Gasteiger charge is -2.37. The quantitative estimate of drug-likeness (QED) is 0.907. The smallest absolute Gasteiger partial charge is 0.196 e. The van der Waals surface area contributed by atoms with Crippen LogP contribution in [0, 0.1) is 0 Å². The Labute approximate surface area is 134 Å². The van der Waals surface area contributed by atoms with Crippen molar-refractivity contribution < 1.29 is 0 Å². The van der Waals surface area contributed by atoms with Gasteiger partial charge in [-0.2, -0.15) is 0 Å². The Morgan fingerprint density at radius 2 is 1.86 bits per heavy atom. The molecule has 21 heavy (non-hydrogen) atoms. The van der Waals surface area contributed by atoms with E-state index in [1.807, 2.05) is 47.4 Å². The van der Waals surface area contributed by atoms with Crippen LogP contribution < -0.4 is 10.6 Å². The fraction of sp³-hybridized carbons (Fsp3) is 0.188. The van der Waals surface area contributed by atoms with Crippen LogP contribution in [0.4, 0.5) is 5.69 Å². The number of nitrogens with zero attached hydrogens (tertiary/aromatic N) is 2. The molecule has 3 rings (SSSR count). The van der Waals surface area contributed by atoms with E-state index in [0.717, 1.165) is 11.3 Å². The largest absolute Gasteiger partial charge is 0.369 e. The molecule has 0 bridgehead atoms. The molecule has 1 aliphatic heterocycles. The highest BCUT2D eigenvalue weighted by atomic mass is 35.5. The third-order valence-electron chi connectivity index (χ3n) is 3.79. The van der Waals surface area contributed by atoms with Crippen LogP contribution >= 0.6 is 23.2 Å². The average molecular weight is 320 g/mol. The molecule has 0 aromatic heterocycles. The zero-order valence-electron chi connectivity index (χ0n) is 11.6. The normalized spacial score (nSPS) is 21.5. The van der Waals surface area contributed by atoms with Gasteiger partial charge in [0.1, 0.15) is 0 Å². The number of anilines is 1. The summed E-state index contributed by atoms with van der Waals surface area (Å²) in [5, 5.41) is 1.31. The van der Waals surface area contributed by atoms with Crippen molar-refractivity contribution in [3.05, 3.63) is 64.1 Å². The SMILES string of the molecule is CC1(c2cc(Cl)ccc2Cl)CN=C(N)N1c1ccccc1. The van der Waals surface area contributed by atoms with E-state index in [2.05, 4.69) is 11.9 Å². The maximum absolute atomic E-state index is 6.39. The molecule has 0 amide bonds. The minimum atomic E-state index is -0.451. The molecule has 2 N–H and O–H groups in total. The minimum absolute atomic E-state index is 0.451. The second kappa shape index (κ2) is 5.24. The fourth-order valence-electron chi connectivity index (χ4n) is 2.74. The molecule has 0 spiro atoms. The van der Waals surface area contributed by atoms with Crippen LogP contribution in [0.25, 0.3) is 0 Å². The summed E-state index contributed by atoms with van der Waals surface area (Å²) in [5.74, 6) is 0.486. The number of benzene rings is 2. The maximum atomic E-state index is 6.39. The van der Waals surface area contributed by atoms with Gasteiger partial charge < -0.3 is 10.6 Å². The van der Waals surface area contributed by atoms with Crippen LogP contribution in [0.15, 0.2) is 53.5 Å². The summed E-state index contributed by atoms with van der Waals surface area (Å²) in [4.78, 5) is 6.42. The lowest BCUT2D eigenvalue weighted by molar-refractivity contribution is 0.533. The number of hydrogen-bond acceptors (Lipinski definition) is 3. The van der Waals surface area contributed by atoms with Crippen LogP contribution in [-0.2, 0) is 5.54 Å². The lowest BCUT2D eigenvalue weighted by Crippen LogP contribution is -2.47. The van der Waals surface area contributed by atoms with Gasteiger partial charge in [0.2, 0.25) is 0 Å². The van der Waals surface area contributed by atoms with Crippen molar-refractivity contribution in [2.45, 2.75) is 12.5 Å². The molecular weight excluding hydrogens is 305 g/mol. The molecule has 1 heterocycles. The molecule has 0 saturated carbocycles. The van der Waals surface area contributed by atoms with Gasteiger partial charge in [0, 0.05) is 15.7 Å². The number of hydrogen-bond donors (Lipinski definition) is 1. The minimum Gasteiger partial charge on any atom is -0.369 e. The zero-order valence-corrected chi connectivity index (χ0v) is 13.1. The van der Waals surface area contributed by atoms with Crippen molar-refractivity contribution in [2.24, 2.45) is 10.7 Å². The topological polar surface area (TPSA) is 41.6 Å². The first-order valence-electron chi connectivity index (χ1n) is 6.63. The molecule has 1 unspecified atom stereocenters. The summed E-state index contributed by atoms with van der Waals surface area (Å²) >= 11 is 12.5. The lowest BCUT2D eigenvalue weighted by atomic mass is 9.90. The van der Waals surface area contributed by atoms with Gasteiger partial charge in [-0.15, -0.1) is 0 Å². The Morgan fingerprint density at radius 3 is 2.57 bits per heavy atom. The van der Waals surface area contributed by atoms with Gasteiger partial charge in [-0.1, -0.05) is 41.4 Å². The molecule has 0 saturated heterocycles. The number of halogens is 2. The number of guanidine groups is 1.